The van der Waals surface area contributed by atoms with Gasteiger partial charge in [-0.2, -0.15) is 0 Å². The summed E-state index contributed by atoms with van der Waals surface area (Å²) in [6.07, 6.45) is 5.47. The molecule has 78 valence electrons. The van der Waals surface area contributed by atoms with Crippen molar-refractivity contribution < 1.29 is 4.79 Å². The SMILES string of the molecule is CC(=O)NCCNCCn1ccnc1. The van der Waals surface area contributed by atoms with Gasteiger partial charge in [0.1, 0.15) is 0 Å². The minimum atomic E-state index is 0.0152. The highest BCUT2D eigenvalue weighted by atomic mass is 16.1. The number of nitrogens with zero attached hydrogens (tertiary/aromatic N) is 2. The highest BCUT2D eigenvalue weighted by Gasteiger charge is 1.91. The fraction of sp³-hybridized carbons (Fsp3) is 0.556. The summed E-state index contributed by atoms with van der Waals surface area (Å²) in [4.78, 5) is 14.5. The number of rotatable bonds is 6. The average molecular weight is 196 g/mol. The molecule has 1 aromatic rings. The maximum absolute atomic E-state index is 10.5. The molecule has 14 heavy (non-hydrogen) atoms. The molecular formula is C9H16N4O. The van der Waals surface area contributed by atoms with Gasteiger partial charge in [0.05, 0.1) is 6.33 Å². The summed E-state index contributed by atoms with van der Waals surface area (Å²) in [5, 5.41) is 5.93. The largest absolute Gasteiger partial charge is 0.355 e. The van der Waals surface area contributed by atoms with Crippen molar-refractivity contribution in [1.29, 1.82) is 0 Å². The Morgan fingerprint density at radius 1 is 1.43 bits per heavy atom. The lowest BCUT2D eigenvalue weighted by Crippen LogP contribution is -2.31. The summed E-state index contributed by atoms with van der Waals surface area (Å²) < 4.78 is 2.01. The van der Waals surface area contributed by atoms with Crippen molar-refractivity contribution in [2.75, 3.05) is 19.6 Å². The highest BCUT2D eigenvalue weighted by Crippen LogP contribution is 1.82. The van der Waals surface area contributed by atoms with Gasteiger partial charge in [0.25, 0.3) is 0 Å². The van der Waals surface area contributed by atoms with Gasteiger partial charge in [0.2, 0.25) is 5.91 Å². The molecule has 0 aromatic carbocycles. The molecule has 0 aliphatic carbocycles. The molecule has 1 heterocycles. The summed E-state index contributed by atoms with van der Waals surface area (Å²) in [6, 6.07) is 0. The van der Waals surface area contributed by atoms with Crippen LogP contribution in [-0.4, -0.2) is 35.1 Å². The zero-order valence-corrected chi connectivity index (χ0v) is 8.36. The van der Waals surface area contributed by atoms with Crippen LogP contribution in [0.3, 0.4) is 0 Å². The lowest BCUT2D eigenvalue weighted by Gasteiger charge is -2.05. The molecule has 5 heteroatoms. The van der Waals surface area contributed by atoms with Crippen molar-refractivity contribution in [2.45, 2.75) is 13.5 Å². The van der Waals surface area contributed by atoms with Crippen LogP contribution < -0.4 is 10.6 Å². The van der Waals surface area contributed by atoms with Gasteiger partial charge in [-0.05, 0) is 0 Å². The number of carbonyl (C=O) groups excluding carboxylic acids is 1. The Bertz CT molecular complexity index is 258. The van der Waals surface area contributed by atoms with E-state index in [9.17, 15) is 4.79 Å². The predicted molar refractivity (Wildman–Crippen MR) is 53.8 cm³/mol. The van der Waals surface area contributed by atoms with E-state index in [1.807, 2.05) is 10.8 Å². The van der Waals surface area contributed by atoms with Crippen LogP contribution in [0.15, 0.2) is 18.7 Å². The predicted octanol–water partition coefficient (Wildman–Crippen LogP) is -0.391. The van der Waals surface area contributed by atoms with E-state index in [0.29, 0.717) is 6.54 Å². The fourth-order valence-electron chi connectivity index (χ4n) is 1.08. The van der Waals surface area contributed by atoms with Gasteiger partial charge < -0.3 is 15.2 Å². The first kappa shape index (κ1) is 10.7. The second kappa shape index (κ2) is 6.15. The molecule has 0 saturated heterocycles. The summed E-state index contributed by atoms with van der Waals surface area (Å²) in [5.41, 5.74) is 0. The first-order chi connectivity index (χ1) is 6.79. The van der Waals surface area contributed by atoms with Crippen LogP contribution >= 0.6 is 0 Å². The van der Waals surface area contributed by atoms with Crippen molar-refractivity contribution in [3.63, 3.8) is 0 Å². The molecule has 1 amide bonds. The van der Waals surface area contributed by atoms with E-state index in [1.54, 1.807) is 12.5 Å². The van der Waals surface area contributed by atoms with Crippen molar-refractivity contribution in [3.8, 4) is 0 Å². The molecule has 0 radical (unpaired) electrons. The van der Waals surface area contributed by atoms with Gasteiger partial charge in [0, 0.05) is 45.5 Å². The van der Waals surface area contributed by atoms with Gasteiger partial charge in [-0.15, -0.1) is 0 Å². The van der Waals surface area contributed by atoms with E-state index < -0.39 is 0 Å². The Morgan fingerprint density at radius 3 is 2.93 bits per heavy atom. The van der Waals surface area contributed by atoms with E-state index in [4.69, 9.17) is 0 Å². The Morgan fingerprint density at radius 2 is 2.29 bits per heavy atom. The van der Waals surface area contributed by atoms with Crippen LogP contribution in [0, 0.1) is 0 Å². The first-order valence-electron chi connectivity index (χ1n) is 4.70. The second-order valence-corrected chi connectivity index (χ2v) is 3.03. The van der Waals surface area contributed by atoms with Crippen LogP contribution in [0.4, 0.5) is 0 Å². The molecule has 0 aliphatic rings. The van der Waals surface area contributed by atoms with Gasteiger partial charge in [0.15, 0.2) is 0 Å². The van der Waals surface area contributed by atoms with E-state index in [0.717, 1.165) is 19.6 Å². The average Bonchev–Trinajstić information content (AvgIpc) is 2.63. The second-order valence-electron chi connectivity index (χ2n) is 3.03. The number of imidazole rings is 1. The van der Waals surface area contributed by atoms with E-state index in [2.05, 4.69) is 15.6 Å². The smallest absolute Gasteiger partial charge is 0.216 e. The van der Waals surface area contributed by atoms with Crippen molar-refractivity contribution in [2.24, 2.45) is 0 Å². The van der Waals surface area contributed by atoms with E-state index in [-0.39, 0.29) is 5.91 Å². The van der Waals surface area contributed by atoms with E-state index in [1.165, 1.54) is 6.92 Å². The van der Waals surface area contributed by atoms with Crippen molar-refractivity contribution in [1.82, 2.24) is 20.2 Å². The lowest BCUT2D eigenvalue weighted by molar-refractivity contribution is -0.118. The summed E-state index contributed by atoms with van der Waals surface area (Å²) in [5.74, 6) is 0.0152. The van der Waals surface area contributed by atoms with Crippen LogP contribution in [0.5, 0.6) is 0 Å². The molecule has 0 atom stereocenters. The van der Waals surface area contributed by atoms with E-state index >= 15 is 0 Å². The molecule has 1 rings (SSSR count). The third-order valence-electron chi connectivity index (χ3n) is 1.78. The van der Waals surface area contributed by atoms with Gasteiger partial charge >= 0.3 is 0 Å². The molecule has 2 N–H and O–H groups in total. The number of hydrogen-bond donors (Lipinski definition) is 2. The first-order valence-corrected chi connectivity index (χ1v) is 4.70. The Balaban J connectivity index is 1.92. The van der Waals surface area contributed by atoms with Crippen LogP contribution in [0.1, 0.15) is 6.92 Å². The van der Waals surface area contributed by atoms with Gasteiger partial charge in [-0.3, -0.25) is 4.79 Å². The standard InChI is InChI=1S/C9H16N4O/c1-9(14)12-3-2-10-4-6-13-7-5-11-8-13/h5,7-8,10H,2-4,6H2,1H3,(H,12,14). The zero-order valence-electron chi connectivity index (χ0n) is 8.36. The Labute approximate surface area is 83.5 Å². The minimum Gasteiger partial charge on any atom is -0.355 e. The minimum absolute atomic E-state index is 0.0152. The number of hydrogen-bond acceptors (Lipinski definition) is 3. The van der Waals surface area contributed by atoms with Crippen LogP contribution in [0.2, 0.25) is 0 Å². The fourth-order valence-corrected chi connectivity index (χ4v) is 1.08. The Hall–Kier alpha value is -1.36. The molecule has 1 aromatic heterocycles. The van der Waals surface area contributed by atoms with Crippen molar-refractivity contribution in [3.05, 3.63) is 18.7 Å². The molecule has 0 aliphatic heterocycles. The number of carbonyl (C=O) groups is 1. The molecule has 0 spiro atoms. The van der Waals surface area contributed by atoms with Crippen molar-refractivity contribution >= 4 is 5.91 Å². The summed E-state index contributed by atoms with van der Waals surface area (Å²) in [6.45, 7) is 4.79. The van der Waals surface area contributed by atoms with Gasteiger partial charge in [-0.25, -0.2) is 4.98 Å². The van der Waals surface area contributed by atoms with Crippen LogP contribution in [0.25, 0.3) is 0 Å². The molecule has 5 nitrogen and oxygen atoms in total. The molecular weight excluding hydrogens is 180 g/mol. The monoisotopic (exact) mass is 196 g/mol. The Kier molecular flexibility index (Phi) is 4.71. The zero-order chi connectivity index (χ0) is 10.2. The third-order valence-corrected chi connectivity index (χ3v) is 1.78. The topological polar surface area (TPSA) is 59.0 Å². The van der Waals surface area contributed by atoms with Gasteiger partial charge in [-0.1, -0.05) is 0 Å². The highest BCUT2D eigenvalue weighted by molar-refractivity contribution is 5.72. The number of amides is 1. The quantitative estimate of drug-likeness (QED) is 0.609. The molecule has 0 unspecified atom stereocenters. The normalized spacial score (nSPS) is 10.1. The summed E-state index contributed by atoms with van der Waals surface area (Å²) >= 11 is 0. The number of nitrogens with one attached hydrogen (secondary N) is 2. The number of aromatic nitrogens is 2. The molecule has 0 bridgehead atoms. The summed E-state index contributed by atoms with van der Waals surface area (Å²) in [7, 11) is 0. The lowest BCUT2D eigenvalue weighted by atomic mass is 10.5. The van der Waals surface area contributed by atoms with Crippen LogP contribution in [-0.2, 0) is 11.3 Å². The molecule has 0 saturated carbocycles. The maximum Gasteiger partial charge on any atom is 0.216 e. The third kappa shape index (κ3) is 4.61. The molecule has 0 fully saturated rings. The maximum atomic E-state index is 10.5.